The largest absolute Gasteiger partial charge is 0.379 e. The number of aryl methyl sites for hydroxylation is 1. The van der Waals surface area contributed by atoms with Crippen molar-refractivity contribution in [2.45, 2.75) is 102 Å². The van der Waals surface area contributed by atoms with Crippen molar-refractivity contribution in [3.05, 3.63) is 108 Å². The van der Waals surface area contributed by atoms with E-state index in [1.807, 2.05) is 105 Å². The van der Waals surface area contributed by atoms with Crippen LogP contribution >= 0.6 is 0 Å². The third-order valence-corrected chi connectivity index (χ3v) is 11.7. The molecule has 0 aromatic heterocycles. The van der Waals surface area contributed by atoms with Gasteiger partial charge in [-0.25, -0.2) is 0 Å². The van der Waals surface area contributed by atoms with Crippen LogP contribution in [0, 0.1) is 11.8 Å². The van der Waals surface area contributed by atoms with Crippen molar-refractivity contribution in [3.63, 3.8) is 0 Å². The molecule has 62 heavy (non-hydrogen) atoms. The van der Waals surface area contributed by atoms with E-state index >= 15 is 4.79 Å². The summed E-state index contributed by atoms with van der Waals surface area (Å²) in [7, 11) is 0. The molecule has 2 heterocycles. The Labute approximate surface area is 365 Å². The van der Waals surface area contributed by atoms with Gasteiger partial charge in [-0.1, -0.05) is 118 Å². The van der Waals surface area contributed by atoms with Gasteiger partial charge in [-0.05, 0) is 61.6 Å². The molecule has 2 fully saturated rings. The average molecular weight is 853 g/mol. The number of carbonyl (C=O) groups excluding carboxylic acids is 6. The number of Topliss-reactive ketones (excluding diaryl/α,β-unsaturated/α-hetero) is 1. The Balaban J connectivity index is 1.49. The Hall–Kier alpha value is -5.44. The second kappa shape index (κ2) is 22.6. The Morgan fingerprint density at radius 2 is 1.29 bits per heavy atom. The van der Waals surface area contributed by atoms with E-state index in [0.717, 1.165) is 11.1 Å². The lowest BCUT2D eigenvalue weighted by atomic mass is 9.75. The van der Waals surface area contributed by atoms with Crippen molar-refractivity contribution >= 4 is 35.3 Å². The normalized spacial score (nSPS) is 19.2. The highest BCUT2D eigenvalue weighted by Crippen LogP contribution is 2.31. The first-order chi connectivity index (χ1) is 29.7. The topological polar surface area (TPSA) is 202 Å². The molecule has 0 radical (unpaired) electrons. The summed E-state index contributed by atoms with van der Waals surface area (Å²) in [6.45, 7) is 9.84. The minimum atomic E-state index is -1.96. The fourth-order valence-corrected chi connectivity index (χ4v) is 8.07. The highest BCUT2D eigenvalue weighted by Gasteiger charge is 2.52. The number of amides is 5. The summed E-state index contributed by atoms with van der Waals surface area (Å²) in [6.07, 6.45) is 1.34. The number of nitrogens with two attached hydrogens (primary N) is 1. The predicted octanol–water partition coefficient (Wildman–Crippen LogP) is 3.05. The first-order valence-corrected chi connectivity index (χ1v) is 21.8. The quantitative estimate of drug-likeness (QED) is 0.0841. The van der Waals surface area contributed by atoms with Crippen molar-refractivity contribution in [2.75, 3.05) is 39.5 Å². The van der Waals surface area contributed by atoms with Gasteiger partial charge in [-0.15, -0.1) is 0 Å². The van der Waals surface area contributed by atoms with Crippen LogP contribution in [0.1, 0.15) is 70.1 Å². The lowest BCUT2D eigenvalue weighted by Gasteiger charge is -2.40. The lowest BCUT2D eigenvalue weighted by Crippen LogP contribution is -2.68. The summed E-state index contributed by atoms with van der Waals surface area (Å²) in [4.78, 5) is 87.3. The van der Waals surface area contributed by atoms with Crippen molar-refractivity contribution in [1.82, 2.24) is 26.2 Å². The smallest absolute Gasteiger partial charge is 0.244 e. The molecule has 3 aromatic carbocycles. The second-order valence-corrected chi connectivity index (χ2v) is 17.2. The molecule has 14 heteroatoms. The minimum absolute atomic E-state index is 0.0226. The first kappa shape index (κ1) is 47.6. The third-order valence-electron chi connectivity index (χ3n) is 11.7. The number of morpholine rings is 1. The van der Waals surface area contributed by atoms with E-state index in [9.17, 15) is 24.0 Å². The summed E-state index contributed by atoms with van der Waals surface area (Å²) in [6, 6.07) is 24.6. The van der Waals surface area contributed by atoms with Gasteiger partial charge in [0.1, 0.15) is 23.2 Å². The molecular formula is C48H64N6O8. The van der Waals surface area contributed by atoms with E-state index in [1.54, 1.807) is 19.1 Å². The molecule has 0 bridgehead atoms. The number of rotatable bonds is 24. The van der Waals surface area contributed by atoms with Crippen LogP contribution < -0.4 is 27.0 Å². The average Bonchev–Trinajstić information content (AvgIpc) is 4.02. The number of hydrogen-bond donors (Lipinski definition) is 5. The van der Waals surface area contributed by atoms with Gasteiger partial charge in [-0.2, -0.15) is 0 Å². The molecule has 2 aliphatic rings. The van der Waals surface area contributed by atoms with E-state index in [2.05, 4.69) is 21.3 Å². The second-order valence-electron chi connectivity index (χ2n) is 17.2. The molecule has 2 aliphatic heterocycles. The molecule has 14 nitrogen and oxygen atoms in total. The highest BCUT2D eigenvalue weighted by atomic mass is 16.6. The van der Waals surface area contributed by atoms with E-state index < -0.39 is 58.8 Å². The summed E-state index contributed by atoms with van der Waals surface area (Å²) in [5, 5.41) is 11.7. The summed E-state index contributed by atoms with van der Waals surface area (Å²) in [5.74, 6) is -4.76. The van der Waals surface area contributed by atoms with Crippen LogP contribution in [0.4, 0.5) is 0 Å². The molecule has 0 aliphatic carbocycles. The number of carbonyl (C=O) groups is 6. The van der Waals surface area contributed by atoms with Gasteiger partial charge in [-0.3, -0.25) is 33.7 Å². The zero-order valence-corrected chi connectivity index (χ0v) is 36.5. The van der Waals surface area contributed by atoms with Gasteiger partial charge in [0.25, 0.3) is 0 Å². The maximum absolute atomic E-state index is 15.1. The monoisotopic (exact) mass is 852 g/mol. The zero-order valence-electron chi connectivity index (χ0n) is 36.5. The molecule has 0 spiro atoms. The van der Waals surface area contributed by atoms with Gasteiger partial charge in [0.2, 0.25) is 29.5 Å². The molecule has 334 valence electrons. The number of epoxide rings is 1. The van der Waals surface area contributed by atoms with Gasteiger partial charge in [0, 0.05) is 19.5 Å². The molecule has 5 amide bonds. The molecule has 6 atom stereocenters. The summed E-state index contributed by atoms with van der Waals surface area (Å²) < 4.78 is 10.9. The number of benzene rings is 3. The number of primary amides is 1. The Kier molecular flexibility index (Phi) is 17.3. The van der Waals surface area contributed by atoms with E-state index in [1.165, 1.54) is 0 Å². The van der Waals surface area contributed by atoms with Gasteiger partial charge in [0.15, 0.2) is 5.78 Å². The number of hydrogen-bond acceptors (Lipinski definition) is 9. The molecule has 2 saturated heterocycles. The van der Waals surface area contributed by atoms with Crippen molar-refractivity contribution in [1.29, 1.82) is 0 Å². The maximum atomic E-state index is 15.1. The Morgan fingerprint density at radius 1 is 0.742 bits per heavy atom. The molecule has 3 aromatic rings. The van der Waals surface area contributed by atoms with Crippen molar-refractivity contribution < 1.29 is 38.2 Å². The zero-order chi connectivity index (χ0) is 44.7. The summed E-state index contributed by atoms with van der Waals surface area (Å²) in [5.41, 5.74) is 5.75. The minimum Gasteiger partial charge on any atom is -0.379 e. The van der Waals surface area contributed by atoms with Crippen LogP contribution in [0.5, 0.6) is 0 Å². The molecule has 0 saturated carbocycles. The van der Waals surface area contributed by atoms with E-state index in [4.69, 9.17) is 15.2 Å². The highest BCUT2D eigenvalue weighted by molar-refractivity contribution is 6.00. The van der Waals surface area contributed by atoms with Crippen LogP contribution in [0.25, 0.3) is 0 Å². The maximum Gasteiger partial charge on any atom is 0.244 e. The third kappa shape index (κ3) is 13.5. The number of ether oxygens (including phenoxy) is 2. The molecule has 6 N–H and O–H groups in total. The summed E-state index contributed by atoms with van der Waals surface area (Å²) >= 11 is 0. The van der Waals surface area contributed by atoms with Gasteiger partial charge in [0.05, 0.1) is 38.3 Å². The van der Waals surface area contributed by atoms with Gasteiger partial charge >= 0.3 is 0 Å². The lowest BCUT2D eigenvalue weighted by molar-refractivity contribution is -0.143. The van der Waals surface area contributed by atoms with Crippen molar-refractivity contribution in [3.8, 4) is 0 Å². The molecule has 1 unspecified atom stereocenters. The number of nitrogens with one attached hydrogen (secondary N) is 4. The Bertz CT molecular complexity index is 1960. The number of nitrogens with zero attached hydrogens (tertiary/aromatic N) is 1. The standard InChI is InChI=1S/C48H64N6O8/c1-5-23-48(46(49)60,53-45(59)38(22-21-34-15-9-6-10-16-34)50-41(55)31-54-24-26-61-27-25-54)37(29-35-17-11-7-12-18-35)43(57)52-40(30-36-19-13-8-14-20-36)44(58)51-39(28-33(2)3)42(56)47(4)32-62-47/h6-20,33,37-40H,5,21-32H2,1-4H3,(H2,49,60)(H,50,55)(H,51,58)(H,52,57)(H,53,59)/t37-,38+,39+,40+,47-,48?/m1/s1. The van der Waals surface area contributed by atoms with E-state index in [-0.39, 0.29) is 56.4 Å². The van der Waals surface area contributed by atoms with Crippen LogP contribution in [-0.4, -0.2) is 109 Å². The predicted molar refractivity (Wildman–Crippen MR) is 235 cm³/mol. The van der Waals surface area contributed by atoms with Crippen LogP contribution in [0.15, 0.2) is 91.0 Å². The SMILES string of the molecule is CCCC(NC(=O)[C@H](CCc1ccccc1)NC(=O)CN1CCOCC1)(C(N)=O)[C@H](Cc1ccccc1)C(=O)N[C@@H](Cc1ccccc1)C(=O)N[C@@H](CC(C)C)C(=O)[C@@]1(C)CO1. The van der Waals surface area contributed by atoms with Crippen LogP contribution in [-0.2, 0) is 57.5 Å². The van der Waals surface area contributed by atoms with Crippen LogP contribution in [0.3, 0.4) is 0 Å². The molecule has 5 rings (SSSR count). The molecular weight excluding hydrogens is 789 g/mol. The van der Waals surface area contributed by atoms with Crippen molar-refractivity contribution in [2.24, 2.45) is 17.6 Å². The first-order valence-electron chi connectivity index (χ1n) is 21.8. The van der Waals surface area contributed by atoms with Crippen LogP contribution in [0.2, 0.25) is 0 Å². The fourth-order valence-electron chi connectivity index (χ4n) is 8.07. The van der Waals surface area contributed by atoms with E-state index in [0.29, 0.717) is 51.1 Å². The fraction of sp³-hybridized carbons (Fsp3) is 0.500. The Morgan fingerprint density at radius 3 is 1.82 bits per heavy atom. The van der Waals surface area contributed by atoms with Gasteiger partial charge < -0.3 is 36.5 Å². The number of ketones is 1.